The van der Waals surface area contributed by atoms with Gasteiger partial charge in [0.15, 0.2) is 0 Å². The van der Waals surface area contributed by atoms with Crippen LogP contribution < -0.4 is 0 Å². The minimum atomic E-state index is -0.206. The molecule has 0 aliphatic carbocycles. The van der Waals surface area contributed by atoms with Crippen LogP contribution in [-0.2, 0) is 4.84 Å². The van der Waals surface area contributed by atoms with Gasteiger partial charge in [0.05, 0.1) is 12.7 Å². The first kappa shape index (κ1) is 16.5. The smallest absolute Gasteiger partial charge is 0.278 e. The summed E-state index contributed by atoms with van der Waals surface area (Å²) >= 11 is 0. The molecule has 2 rings (SSSR count). The first-order valence-electron chi connectivity index (χ1n) is 6.78. The first-order valence-corrected chi connectivity index (χ1v) is 6.78. The molecule has 4 nitrogen and oxygen atoms in total. The highest BCUT2D eigenvalue weighted by Gasteiger charge is 2.11. The summed E-state index contributed by atoms with van der Waals surface area (Å²) < 4.78 is 1.66. The predicted molar refractivity (Wildman–Crippen MR) is 83.6 cm³/mol. The maximum Gasteiger partial charge on any atom is 0.278 e. The summed E-state index contributed by atoms with van der Waals surface area (Å²) in [6.07, 6.45) is 3.42. The third kappa shape index (κ3) is 4.83. The van der Waals surface area contributed by atoms with Gasteiger partial charge in [-0.1, -0.05) is 32.0 Å². The lowest BCUT2D eigenvalue weighted by atomic mass is 10.2. The minimum absolute atomic E-state index is 0.206. The van der Waals surface area contributed by atoms with Crippen molar-refractivity contribution in [1.82, 2.24) is 9.63 Å². The fourth-order valence-corrected chi connectivity index (χ4v) is 1.51. The molecule has 0 atom stereocenters. The van der Waals surface area contributed by atoms with Crippen LogP contribution in [0, 0.1) is 12.0 Å². The largest absolute Gasteiger partial charge is 0.283 e. The molecule has 0 saturated carbocycles. The maximum atomic E-state index is 11.8. The third-order valence-corrected chi connectivity index (χ3v) is 2.60. The van der Waals surface area contributed by atoms with Crippen LogP contribution >= 0.6 is 0 Å². The second kappa shape index (κ2) is 8.62. The second-order valence-electron chi connectivity index (χ2n) is 3.90. The molecule has 0 radical (unpaired) electrons. The number of carbonyl (C=O) groups excluding carboxylic acids is 1. The summed E-state index contributed by atoms with van der Waals surface area (Å²) in [5.74, 6) is 2.81. The normalized spacial score (nSPS) is 8.95. The zero-order chi connectivity index (χ0) is 15.7. The molecule has 1 aromatic heterocycles. The first-order chi connectivity index (χ1) is 10.2. The summed E-state index contributed by atoms with van der Waals surface area (Å²) in [6.45, 7) is 4.00. The number of hydrogen-bond acceptors (Lipinski definition) is 2. The summed E-state index contributed by atoms with van der Waals surface area (Å²) in [6, 6.07) is 14.3. The van der Waals surface area contributed by atoms with Crippen molar-refractivity contribution in [3.05, 3.63) is 59.9 Å². The van der Waals surface area contributed by atoms with Gasteiger partial charge in [-0.05, 0) is 24.1 Å². The summed E-state index contributed by atoms with van der Waals surface area (Å²) in [5.41, 5.74) is 1.46. The Bertz CT molecular complexity index is 621. The highest BCUT2D eigenvalue weighted by molar-refractivity contribution is 5.93. The molecule has 0 aliphatic rings. The molecule has 0 aliphatic heterocycles. The van der Waals surface area contributed by atoms with E-state index in [4.69, 9.17) is 4.84 Å². The van der Waals surface area contributed by atoms with E-state index < -0.39 is 0 Å². The Balaban J connectivity index is 0.00000106. The monoisotopic (exact) mass is 284 g/mol. The van der Waals surface area contributed by atoms with Crippen molar-refractivity contribution in [2.24, 2.45) is 0 Å². The topological polar surface area (TPSA) is 34.5 Å². The standard InChI is InChI=1S/C15H14N2O2.C2H6/c1-16(19-2)15(18)14-9-11-17(12-14)10-8-13-6-4-3-5-7-13;1-2/h3-7,9,11-12H,1-2H3;1-2H3. The van der Waals surface area contributed by atoms with Gasteiger partial charge in [-0.2, -0.15) is 0 Å². The lowest BCUT2D eigenvalue weighted by molar-refractivity contribution is -0.0756. The van der Waals surface area contributed by atoms with Gasteiger partial charge in [-0.25, -0.2) is 5.06 Å². The lowest BCUT2D eigenvalue weighted by Crippen LogP contribution is -2.24. The number of nitrogens with zero attached hydrogens (tertiary/aromatic N) is 2. The van der Waals surface area contributed by atoms with Crippen LogP contribution in [0.2, 0.25) is 0 Å². The predicted octanol–water partition coefficient (Wildman–Crippen LogP) is 3.01. The summed E-state index contributed by atoms with van der Waals surface area (Å²) in [5, 5.41) is 1.17. The summed E-state index contributed by atoms with van der Waals surface area (Å²) in [7, 11) is 3.01. The number of benzene rings is 1. The van der Waals surface area contributed by atoms with Crippen LogP contribution in [0.4, 0.5) is 0 Å². The van der Waals surface area contributed by atoms with Crippen molar-refractivity contribution >= 4 is 5.91 Å². The maximum absolute atomic E-state index is 11.8. The molecular weight excluding hydrogens is 264 g/mol. The van der Waals surface area contributed by atoms with Crippen LogP contribution in [0.5, 0.6) is 0 Å². The van der Waals surface area contributed by atoms with Crippen molar-refractivity contribution in [2.45, 2.75) is 13.8 Å². The van der Waals surface area contributed by atoms with Crippen molar-refractivity contribution in [2.75, 3.05) is 14.2 Å². The van der Waals surface area contributed by atoms with Gasteiger partial charge >= 0.3 is 0 Å². The van der Waals surface area contributed by atoms with Gasteiger partial charge in [-0.15, -0.1) is 0 Å². The molecule has 1 amide bonds. The van der Waals surface area contributed by atoms with E-state index >= 15 is 0 Å². The van der Waals surface area contributed by atoms with Crippen LogP contribution in [0.25, 0.3) is 0 Å². The molecular formula is C17H20N2O2. The molecule has 0 bridgehead atoms. The van der Waals surface area contributed by atoms with E-state index in [1.165, 1.54) is 12.2 Å². The van der Waals surface area contributed by atoms with Crippen molar-refractivity contribution in [3.63, 3.8) is 0 Å². The Hall–Kier alpha value is -2.51. The highest BCUT2D eigenvalue weighted by atomic mass is 16.7. The van der Waals surface area contributed by atoms with E-state index in [0.29, 0.717) is 5.56 Å². The number of carbonyl (C=O) groups is 1. The molecule has 21 heavy (non-hydrogen) atoms. The molecule has 0 saturated heterocycles. The van der Waals surface area contributed by atoms with Crippen molar-refractivity contribution in [3.8, 4) is 12.0 Å². The Morgan fingerprint density at radius 1 is 1.19 bits per heavy atom. The minimum Gasteiger partial charge on any atom is -0.283 e. The van der Waals surface area contributed by atoms with Crippen LogP contribution in [0.1, 0.15) is 29.8 Å². The molecule has 0 N–H and O–H groups in total. The van der Waals surface area contributed by atoms with Gasteiger partial charge in [0.1, 0.15) is 0 Å². The molecule has 110 valence electrons. The fourth-order valence-electron chi connectivity index (χ4n) is 1.51. The number of hydrogen-bond donors (Lipinski definition) is 0. The average Bonchev–Trinajstić information content (AvgIpc) is 3.03. The number of hydroxylamine groups is 2. The number of amides is 1. The van der Waals surface area contributed by atoms with Gasteiger partial charge in [0, 0.05) is 31.0 Å². The Morgan fingerprint density at radius 2 is 1.86 bits per heavy atom. The van der Waals surface area contributed by atoms with Crippen LogP contribution in [0.3, 0.4) is 0 Å². The number of aromatic nitrogens is 1. The molecule has 0 unspecified atom stereocenters. The zero-order valence-electron chi connectivity index (χ0n) is 12.8. The van der Waals surface area contributed by atoms with E-state index in [0.717, 1.165) is 5.56 Å². The van der Waals surface area contributed by atoms with E-state index in [2.05, 4.69) is 12.0 Å². The molecule has 1 aromatic carbocycles. The Labute approximate surface area is 125 Å². The number of rotatable bonds is 2. The molecule has 4 heteroatoms. The molecule has 2 aromatic rings. The van der Waals surface area contributed by atoms with Crippen LogP contribution in [0.15, 0.2) is 48.8 Å². The van der Waals surface area contributed by atoms with Crippen LogP contribution in [-0.4, -0.2) is 29.7 Å². The van der Waals surface area contributed by atoms with E-state index in [1.54, 1.807) is 30.1 Å². The second-order valence-corrected chi connectivity index (χ2v) is 3.90. The SMILES string of the molecule is CC.CON(C)C(=O)c1ccn(C#Cc2ccccc2)c1. The average molecular weight is 284 g/mol. The van der Waals surface area contributed by atoms with Gasteiger partial charge in [0.2, 0.25) is 0 Å². The van der Waals surface area contributed by atoms with Gasteiger partial charge < -0.3 is 0 Å². The Kier molecular flexibility index (Phi) is 6.79. The third-order valence-electron chi connectivity index (χ3n) is 2.60. The zero-order valence-corrected chi connectivity index (χ0v) is 12.8. The van der Waals surface area contributed by atoms with Crippen molar-refractivity contribution < 1.29 is 9.63 Å². The Morgan fingerprint density at radius 3 is 2.48 bits per heavy atom. The van der Waals surface area contributed by atoms with Gasteiger partial charge in [0.25, 0.3) is 5.91 Å². The highest BCUT2D eigenvalue weighted by Crippen LogP contribution is 2.04. The lowest BCUT2D eigenvalue weighted by Gasteiger charge is -2.11. The molecule has 0 fully saturated rings. The molecule has 0 spiro atoms. The van der Waals surface area contributed by atoms with Crippen molar-refractivity contribution in [1.29, 1.82) is 0 Å². The quantitative estimate of drug-likeness (QED) is 0.627. The van der Waals surface area contributed by atoms with Gasteiger partial charge in [-0.3, -0.25) is 14.2 Å². The van der Waals surface area contributed by atoms with E-state index in [-0.39, 0.29) is 5.91 Å². The summed E-state index contributed by atoms with van der Waals surface area (Å²) in [4.78, 5) is 16.6. The van der Waals surface area contributed by atoms with E-state index in [9.17, 15) is 4.79 Å². The van der Waals surface area contributed by atoms with E-state index in [1.807, 2.05) is 44.2 Å². The fraction of sp³-hybridized carbons (Fsp3) is 0.235. The molecule has 1 heterocycles.